The molecule has 1 N–H and O–H groups in total. The number of rotatable bonds is 4. The Bertz CT molecular complexity index is 1440. The van der Waals surface area contributed by atoms with Crippen LogP contribution in [0, 0.1) is 9.39 Å². The third-order valence-corrected chi connectivity index (χ3v) is 8.75. The minimum Gasteiger partial charge on any atom is -0.497 e. The van der Waals surface area contributed by atoms with Crippen molar-refractivity contribution in [3.63, 3.8) is 0 Å². The van der Waals surface area contributed by atoms with Crippen LogP contribution < -0.4 is 19.9 Å². The number of halogens is 2. The summed E-state index contributed by atoms with van der Waals surface area (Å²) in [7, 11) is 1.65. The van der Waals surface area contributed by atoms with E-state index in [2.05, 4.69) is 37.8 Å². The van der Waals surface area contributed by atoms with E-state index in [4.69, 9.17) is 4.74 Å². The van der Waals surface area contributed by atoms with Crippen molar-refractivity contribution in [3.8, 4) is 5.75 Å². The zero-order valence-corrected chi connectivity index (χ0v) is 23.8. The predicted octanol–water partition coefficient (Wildman–Crippen LogP) is 5.10. The zero-order valence-electron chi connectivity index (χ0n) is 21.6. The lowest BCUT2D eigenvalue weighted by molar-refractivity contribution is 0.0984. The number of carbonyl (C=O) groups excluding carboxylic acids is 2. The summed E-state index contributed by atoms with van der Waals surface area (Å²) in [6.07, 6.45) is 4.81. The summed E-state index contributed by atoms with van der Waals surface area (Å²) in [6.45, 7) is 2.72. The molecule has 1 fully saturated rings. The Balaban J connectivity index is 1.13. The van der Waals surface area contributed by atoms with Crippen LogP contribution in [0.25, 0.3) is 0 Å². The number of piperidine rings is 1. The Morgan fingerprint density at radius 3 is 2.62 bits per heavy atom. The largest absolute Gasteiger partial charge is 0.497 e. The topological polar surface area (TPSA) is 78.0 Å². The predicted molar refractivity (Wildman–Crippen MR) is 156 cm³/mol. The normalized spacial score (nSPS) is 17.4. The van der Waals surface area contributed by atoms with E-state index in [0.29, 0.717) is 25.2 Å². The van der Waals surface area contributed by atoms with Crippen molar-refractivity contribution in [2.45, 2.75) is 31.7 Å². The highest BCUT2D eigenvalue weighted by Gasteiger charge is 2.32. The Labute approximate surface area is 240 Å². The van der Waals surface area contributed by atoms with Gasteiger partial charge in [0.15, 0.2) is 0 Å². The number of hydrogen-bond donors (Lipinski definition) is 1. The number of hydrogen-bond acceptors (Lipinski definition) is 5. The molecule has 1 aromatic heterocycles. The van der Waals surface area contributed by atoms with E-state index >= 15 is 0 Å². The molecule has 202 valence electrons. The number of anilines is 3. The number of pyridine rings is 1. The Hall–Kier alpha value is -3.41. The van der Waals surface area contributed by atoms with Crippen LogP contribution in [0.2, 0.25) is 0 Å². The van der Waals surface area contributed by atoms with Crippen molar-refractivity contribution in [3.05, 3.63) is 74.9 Å². The zero-order chi connectivity index (χ0) is 27.1. The van der Waals surface area contributed by atoms with Crippen LogP contribution >= 0.6 is 22.6 Å². The van der Waals surface area contributed by atoms with Gasteiger partial charge in [-0.15, -0.1) is 0 Å². The van der Waals surface area contributed by atoms with Gasteiger partial charge in [0.1, 0.15) is 17.3 Å². The van der Waals surface area contributed by atoms with Crippen LogP contribution in [0.4, 0.5) is 26.2 Å². The standard InChI is InChI=1S/C29H29FIN5O3/c1-39-22-3-4-24-18(15-22)6-12-35(29(38)33-24)21-8-10-34(11-9-21)27-16-25(32-17-23(27)31)28(37)36-13-7-19-14-20(30)2-5-26(19)36/h2-5,14-17,21H,6-13H2,1H3,(H,33,38). The van der Waals surface area contributed by atoms with Gasteiger partial charge in [-0.2, -0.15) is 0 Å². The van der Waals surface area contributed by atoms with E-state index in [-0.39, 0.29) is 23.8 Å². The van der Waals surface area contributed by atoms with Crippen LogP contribution in [0.5, 0.6) is 5.75 Å². The minimum atomic E-state index is -0.288. The molecular weight excluding hydrogens is 612 g/mol. The van der Waals surface area contributed by atoms with Gasteiger partial charge < -0.3 is 24.8 Å². The summed E-state index contributed by atoms with van der Waals surface area (Å²) in [4.78, 5) is 36.8. The Kier molecular flexibility index (Phi) is 7.05. The van der Waals surface area contributed by atoms with E-state index in [0.717, 1.165) is 69.9 Å². The van der Waals surface area contributed by atoms with E-state index in [1.807, 2.05) is 29.2 Å². The van der Waals surface area contributed by atoms with Gasteiger partial charge in [0.2, 0.25) is 0 Å². The number of urea groups is 1. The fraction of sp³-hybridized carbons (Fsp3) is 0.345. The number of nitrogens with zero attached hydrogens (tertiary/aromatic N) is 4. The van der Waals surface area contributed by atoms with Gasteiger partial charge in [-0.25, -0.2) is 14.2 Å². The third-order valence-electron chi connectivity index (χ3n) is 7.92. The number of aromatic nitrogens is 1. The molecule has 0 spiro atoms. The van der Waals surface area contributed by atoms with E-state index in [1.165, 1.54) is 12.1 Å². The number of methoxy groups -OCH3 is 1. The van der Waals surface area contributed by atoms with Crippen LogP contribution in [0.1, 0.15) is 34.5 Å². The van der Waals surface area contributed by atoms with Gasteiger partial charge in [-0.05, 0) is 102 Å². The number of amides is 3. The van der Waals surface area contributed by atoms with Gasteiger partial charge in [0, 0.05) is 49.8 Å². The molecule has 3 aliphatic rings. The Morgan fingerprint density at radius 2 is 1.82 bits per heavy atom. The quantitative estimate of drug-likeness (QED) is 0.402. The van der Waals surface area contributed by atoms with Crippen LogP contribution in [0.15, 0.2) is 48.7 Å². The number of carbonyl (C=O) groups is 2. The van der Waals surface area contributed by atoms with Gasteiger partial charge in [0.25, 0.3) is 5.91 Å². The average molecular weight is 641 g/mol. The lowest BCUT2D eigenvalue weighted by Crippen LogP contribution is -2.49. The molecule has 0 aliphatic carbocycles. The monoisotopic (exact) mass is 641 g/mol. The van der Waals surface area contributed by atoms with Crippen molar-refractivity contribution < 1.29 is 18.7 Å². The van der Waals surface area contributed by atoms with Gasteiger partial charge in [-0.1, -0.05) is 0 Å². The molecule has 1 saturated heterocycles. The van der Waals surface area contributed by atoms with E-state index in [9.17, 15) is 14.0 Å². The minimum absolute atomic E-state index is 0.0606. The number of ether oxygens (including phenoxy) is 1. The summed E-state index contributed by atoms with van der Waals surface area (Å²) in [5, 5.41) is 3.08. The van der Waals surface area contributed by atoms with Crippen molar-refractivity contribution in [2.24, 2.45) is 0 Å². The summed E-state index contributed by atoms with van der Waals surface area (Å²) in [6, 6.07) is 12.3. The second-order valence-corrected chi connectivity index (χ2v) is 11.3. The first-order chi connectivity index (χ1) is 18.9. The first kappa shape index (κ1) is 25.8. The van der Waals surface area contributed by atoms with E-state index in [1.54, 1.807) is 24.3 Å². The van der Waals surface area contributed by atoms with Crippen molar-refractivity contribution in [1.82, 2.24) is 9.88 Å². The number of fused-ring (bicyclic) bond motifs is 2. The fourth-order valence-electron chi connectivity index (χ4n) is 5.83. The maximum absolute atomic E-state index is 13.6. The second-order valence-electron chi connectivity index (χ2n) is 10.1. The molecule has 0 bridgehead atoms. The molecule has 0 atom stereocenters. The summed E-state index contributed by atoms with van der Waals surface area (Å²) in [5.74, 6) is 0.325. The lowest BCUT2D eigenvalue weighted by atomic mass is 10.0. The fourth-order valence-corrected chi connectivity index (χ4v) is 6.47. The molecule has 3 amide bonds. The molecule has 2 aromatic carbocycles. The second kappa shape index (κ2) is 10.6. The van der Waals surface area contributed by atoms with Gasteiger partial charge in [-0.3, -0.25) is 4.79 Å². The molecule has 0 radical (unpaired) electrons. The van der Waals surface area contributed by atoms with Crippen molar-refractivity contribution >= 4 is 51.6 Å². The summed E-state index contributed by atoms with van der Waals surface area (Å²) in [5.41, 5.74) is 4.87. The molecule has 39 heavy (non-hydrogen) atoms. The summed E-state index contributed by atoms with van der Waals surface area (Å²) < 4.78 is 20.0. The first-order valence-corrected chi connectivity index (χ1v) is 14.2. The SMILES string of the molecule is COc1ccc2c(c1)CCN(C1CCN(c3cc(C(=O)N4CCc5cc(F)ccc54)ncc3I)CC1)C(=O)N2. The maximum Gasteiger partial charge on any atom is 0.322 e. The smallest absolute Gasteiger partial charge is 0.322 e. The van der Waals surface area contributed by atoms with Gasteiger partial charge >= 0.3 is 6.03 Å². The lowest BCUT2D eigenvalue weighted by Gasteiger charge is -2.39. The molecule has 0 unspecified atom stereocenters. The molecule has 4 heterocycles. The molecule has 3 aliphatic heterocycles. The van der Waals surface area contributed by atoms with Crippen molar-refractivity contribution in [2.75, 3.05) is 48.4 Å². The number of nitrogens with one attached hydrogen (secondary N) is 1. The first-order valence-electron chi connectivity index (χ1n) is 13.2. The molecule has 10 heteroatoms. The van der Waals surface area contributed by atoms with Crippen molar-refractivity contribution in [1.29, 1.82) is 0 Å². The number of benzene rings is 2. The highest BCUT2D eigenvalue weighted by atomic mass is 127. The molecular formula is C29H29FIN5O3. The summed E-state index contributed by atoms with van der Waals surface area (Å²) >= 11 is 2.26. The van der Waals surface area contributed by atoms with Crippen LogP contribution in [0.3, 0.4) is 0 Å². The van der Waals surface area contributed by atoms with E-state index < -0.39 is 0 Å². The van der Waals surface area contributed by atoms with Gasteiger partial charge in [0.05, 0.1) is 16.4 Å². The Morgan fingerprint density at radius 1 is 1.03 bits per heavy atom. The highest BCUT2D eigenvalue weighted by Crippen LogP contribution is 2.33. The third kappa shape index (κ3) is 5.02. The highest BCUT2D eigenvalue weighted by molar-refractivity contribution is 14.1. The molecule has 6 rings (SSSR count). The van der Waals surface area contributed by atoms with Crippen LogP contribution in [-0.2, 0) is 12.8 Å². The molecule has 3 aromatic rings. The molecule has 8 nitrogen and oxygen atoms in total. The average Bonchev–Trinajstić information content (AvgIpc) is 3.29. The maximum atomic E-state index is 13.6. The van der Waals surface area contributed by atoms with Crippen LogP contribution in [-0.4, -0.2) is 61.2 Å². The molecule has 0 saturated carbocycles.